The number of aryl methyl sites for hydroxylation is 1. The molecule has 0 fully saturated rings. The summed E-state index contributed by atoms with van der Waals surface area (Å²) in [4.78, 5) is 10.5. The van der Waals surface area contributed by atoms with Crippen molar-refractivity contribution in [3.8, 4) is 0 Å². The summed E-state index contributed by atoms with van der Waals surface area (Å²) in [6, 6.07) is 0. The van der Waals surface area contributed by atoms with Crippen LogP contribution in [0.5, 0.6) is 0 Å². The summed E-state index contributed by atoms with van der Waals surface area (Å²) < 4.78 is 61.8. The van der Waals surface area contributed by atoms with Gasteiger partial charge in [0.1, 0.15) is 11.3 Å². The highest BCUT2D eigenvalue weighted by atomic mass is 19.4. The summed E-state index contributed by atoms with van der Waals surface area (Å²) in [5.74, 6) is -2.09. The lowest BCUT2D eigenvalue weighted by Crippen LogP contribution is -2.13. The number of carboxylic acids is 1. The van der Waals surface area contributed by atoms with Gasteiger partial charge in [0.25, 0.3) is 6.43 Å². The molecule has 1 aromatic heterocycles. The number of hydrogen-bond donors (Lipinski definition) is 1. The van der Waals surface area contributed by atoms with Gasteiger partial charge in [-0.25, -0.2) is 13.6 Å². The van der Waals surface area contributed by atoms with E-state index in [0.29, 0.717) is 0 Å². The minimum absolute atomic E-state index is 0.219. The molecule has 0 saturated heterocycles. The molecule has 0 saturated carbocycles. The van der Waals surface area contributed by atoms with Crippen molar-refractivity contribution in [1.82, 2.24) is 9.78 Å². The monoisotopic (exact) mass is 244 g/mol. The maximum absolute atomic E-state index is 12.4. The van der Waals surface area contributed by atoms with Crippen molar-refractivity contribution in [1.29, 1.82) is 0 Å². The Morgan fingerprint density at radius 2 is 1.94 bits per heavy atom. The summed E-state index contributed by atoms with van der Waals surface area (Å²) in [5.41, 5.74) is -4.59. The minimum atomic E-state index is -5.08. The molecule has 0 aliphatic carbocycles. The van der Waals surface area contributed by atoms with Crippen LogP contribution in [0.15, 0.2) is 0 Å². The molecule has 16 heavy (non-hydrogen) atoms. The van der Waals surface area contributed by atoms with E-state index in [9.17, 15) is 26.7 Å². The summed E-state index contributed by atoms with van der Waals surface area (Å²) >= 11 is 0. The fraction of sp³-hybridized carbons (Fsp3) is 0.429. The molecule has 4 nitrogen and oxygen atoms in total. The fourth-order valence-corrected chi connectivity index (χ4v) is 1.20. The van der Waals surface area contributed by atoms with Gasteiger partial charge < -0.3 is 5.11 Å². The average molecular weight is 244 g/mol. The third-order valence-corrected chi connectivity index (χ3v) is 1.78. The van der Waals surface area contributed by atoms with E-state index in [1.807, 2.05) is 0 Å². The third-order valence-electron chi connectivity index (χ3n) is 1.78. The van der Waals surface area contributed by atoms with Crippen LogP contribution in [0.4, 0.5) is 22.0 Å². The van der Waals surface area contributed by atoms with Crippen molar-refractivity contribution in [3.05, 3.63) is 17.0 Å². The zero-order valence-corrected chi connectivity index (χ0v) is 7.72. The van der Waals surface area contributed by atoms with E-state index >= 15 is 0 Å². The van der Waals surface area contributed by atoms with E-state index in [0.717, 1.165) is 7.05 Å². The first-order valence-electron chi connectivity index (χ1n) is 3.81. The van der Waals surface area contributed by atoms with Gasteiger partial charge in [0.15, 0.2) is 5.69 Å². The van der Waals surface area contributed by atoms with Gasteiger partial charge in [-0.3, -0.25) is 4.68 Å². The first kappa shape index (κ1) is 12.4. The van der Waals surface area contributed by atoms with E-state index < -0.39 is 35.5 Å². The smallest absolute Gasteiger partial charge is 0.436 e. The van der Waals surface area contributed by atoms with Gasteiger partial charge in [-0.1, -0.05) is 0 Å². The van der Waals surface area contributed by atoms with Gasteiger partial charge in [0.2, 0.25) is 0 Å². The van der Waals surface area contributed by atoms with Crippen molar-refractivity contribution >= 4 is 5.97 Å². The number of hydrogen-bond acceptors (Lipinski definition) is 2. The largest absolute Gasteiger partial charge is 0.478 e. The number of rotatable bonds is 2. The molecular weight excluding hydrogens is 239 g/mol. The van der Waals surface area contributed by atoms with Gasteiger partial charge in [-0.15, -0.1) is 0 Å². The lowest BCUT2D eigenvalue weighted by Gasteiger charge is -2.03. The van der Waals surface area contributed by atoms with E-state index in [4.69, 9.17) is 5.11 Å². The Morgan fingerprint density at radius 3 is 2.25 bits per heavy atom. The molecule has 0 aromatic carbocycles. The van der Waals surface area contributed by atoms with Crippen LogP contribution in [0.2, 0.25) is 0 Å². The zero-order valence-electron chi connectivity index (χ0n) is 7.72. The Morgan fingerprint density at radius 1 is 1.44 bits per heavy atom. The molecule has 0 spiro atoms. The Labute approximate surface area is 85.3 Å². The Balaban J connectivity index is 3.54. The molecule has 0 bridgehead atoms. The van der Waals surface area contributed by atoms with Crippen molar-refractivity contribution in [2.24, 2.45) is 7.05 Å². The summed E-state index contributed by atoms with van der Waals surface area (Å²) in [6.45, 7) is 0. The van der Waals surface area contributed by atoms with Gasteiger partial charge >= 0.3 is 12.1 Å². The molecule has 0 aliphatic rings. The molecule has 0 amide bonds. The maximum Gasteiger partial charge on any atom is 0.436 e. The molecule has 1 heterocycles. The second kappa shape index (κ2) is 3.72. The molecule has 0 radical (unpaired) electrons. The number of carbonyl (C=O) groups is 1. The highest BCUT2D eigenvalue weighted by Crippen LogP contribution is 2.35. The summed E-state index contributed by atoms with van der Waals surface area (Å²) in [5, 5.41) is 11.2. The van der Waals surface area contributed by atoms with E-state index in [1.165, 1.54) is 0 Å². The second-order valence-corrected chi connectivity index (χ2v) is 2.84. The number of alkyl halides is 5. The normalized spacial score (nSPS) is 12.2. The summed E-state index contributed by atoms with van der Waals surface area (Å²) in [6.07, 6.45) is -8.43. The SMILES string of the molecule is Cn1nc(C(F)(F)F)c(C(=O)O)c1C(F)F. The van der Waals surface area contributed by atoms with Crippen LogP contribution in [0.25, 0.3) is 0 Å². The molecule has 1 rings (SSSR count). The van der Waals surface area contributed by atoms with Gasteiger partial charge in [-0.2, -0.15) is 18.3 Å². The fourth-order valence-electron chi connectivity index (χ4n) is 1.20. The van der Waals surface area contributed by atoms with E-state index in [2.05, 4.69) is 5.10 Å². The maximum atomic E-state index is 12.4. The summed E-state index contributed by atoms with van der Waals surface area (Å²) in [7, 11) is 0.823. The lowest BCUT2D eigenvalue weighted by atomic mass is 10.2. The van der Waals surface area contributed by atoms with E-state index in [1.54, 1.807) is 0 Å². The Hall–Kier alpha value is -1.67. The number of nitrogens with zero attached hydrogens (tertiary/aromatic N) is 2. The standard InChI is InChI=1S/C7H5F5N2O2/c1-14-3(5(8)9)2(6(15)16)4(13-14)7(10,11)12/h5H,1H3,(H,15,16). The van der Waals surface area contributed by atoms with E-state index in [-0.39, 0.29) is 4.68 Å². The van der Waals surface area contributed by atoms with Crippen molar-refractivity contribution in [2.75, 3.05) is 0 Å². The quantitative estimate of drug-likeness (QED) is 0.810. The minimum Gasteiger partial charge on any atom is -0.478 e. The van der Waals surface area contributed by atoms with Crippen LogP contribution in [0.3, 0.4) is 0 Å². The van der Waals surface area contributed by atoms with Gasteiger partial charge in [0.05, 0.1) is 0 Å². The Bertz CT molecular complexity index is 423. The highest BCUT2D eigenvalue weighted by Gasteiger charge is 2.42. The first-order valence-corrected chi connectivity index (χ1v) is 3.81. The predicted molar refractivity (Wildman–Crippen MR) is 40.1 cm³/mol. The molecule has 0 aliphatic heterocycles. The molecule has 1 N–H and O–H groups in total. The number of aromatic nitrogens is 2. The zero-order chi connectivity index (χ0) is 12.7. The second-order valence-electron chi connectivity index (χ2n) is 2.84. The van der Waals surface area contributed by atoms with Gasteiger partial charge in [0, 0.05) is 7.05 Å². The highest BCUT2D eigenvalue weighted by molar-refractivity contribution is 5.90. The number of carboxylic acid groups (broad SMARTS) is 1. The van der Waals surface area contributed by atoms with Crippen LogP contribution < -0.4 is 0 Å². The number of aromatic carboxylic acids is 1. The molecule has 0 atom stereocenters. The topological polar surface area (TPSA) is 55.1 Å². The van der Waals surface area contributed by atoms with Crippen molar-refractivity contribution in [3.63, 3.8) is 0 Å². The van der Waals surface area contributed by atoms with Crippen molar-refractivity contribution in [2.45, 2.75) is 12.6 Å². The van der Waals surface area contributed by atoms with Crippen molar-refractivity contribution < 1.29 is 31.9 Å². The predicted octanol–water partition coefficient (Wildman–Crippen LogP) is 2.07. The van der Waals surface area contributed by atoms with Crippen LogP contribution in [0.1, 0.15) is 28.2 Å². The molecule has 1 aromatic rings. The number of halogens is 5. The van der Waals surface area contributed by atoms with Crippen LogP contribution >= 0.6 is 0 Å². The Kier molecular flexibility index (Phi) is 2.89. The molecular formula is C7H5F5N2O2. The van der Waals surface area contributed by atoms with Crippen LogP contribution in [0, 0.1) is 0 Å². The average Bonchev–Trinajstić information content (AvgIpc) is 2.41. The van der Waals surface area contributed by atoms with Crippen LogP contribution in [-0.2, 0) is 13.2 Å². The molecule has 9 heteroatoms. The van der Waals surface area contributed by atoms with Gasteiger partial charge in [-0.05, 0) is 0 Å². The molecule has 0 unspecified atom stereocenters. The van der Waals surface area contributed by atoms with Crippen LogP contribution in [-0.4, -0.2) is 20.9 Å². The third kappa shape index (κ3) is 1.97. The molecule has 90 valence electrons. The first-order chi connectivity index (χ1) is 7.16. The lowest BCUT2D eigenvalue weighted by molar-refractivity contribution is -0.141.